The van der Waals surface area contributed by atoms with Gasteiger partial charge in [0.25, 0.3) is 0 Å². The number of benzene rings is 2. The number of hydrogen-bond donors (Lipinski definition) is 0. The minimum atomic E-state index is -2.51. The highest BCUT2D eigenvalue weighted by atomic mass is 32.4. The van der Waals surface area contributed by atoms with E-state index in [0.29, 0.717) is 0 Å². The second kappa shape index (κ2) is 6.05. The van der Waals surface area contributed by atoms with Crippen molar-refractivity contribution < 1.29 is 4.52 Å². The van der Waals surface area contributed by atoms with Crippen LogP contribution in [0.2, 0.25) is 0 Å². The summed E-state index contributed by atoms with van der Waals surface area (Å²) in [5.41, 5.74) is 4.48. The van der Waals surface area contributed by atoms with E-state index in [1.165, 1.54) is 16.9 Å². The molecule has 2 aromatic carbocycles. The summed E-state index contributed by atoms with van der Waals surface area (Å²) in [6, 6.07) is 18.5. The molecule has 0 bridgehead atoms. The second-order valence-electron chi connectivity index (χ2n) is 7.01. The van der Waals surface area contributed by atoms with E-state index in [2.05, 4.69) is 55.2 Å². The molecular formula is C20H22N3OPS. The number of anilines is 2. The Balaban J connectivity index is 1.91. The maximum absolute atomic E-state index is 6.10. The lowest BCUT2D eigenvalue weighted by Gasteiger charge is -2.32. The van der Waals surface area contributed by atoms with Crippen LogP contribution in [-0.4, -0.2) is 20.4 Å². The van der Waals surface area contributed by atoms with Gasteiger partial charge in [-0.05, 0) is 35.6 Å². The largest absolute Gasteiger partial charge is 0.346 e. The van der Waals surface area contributed by atoms with Crippen LogP contribution in [0.15, 0.2) is 70.7 Å². The summed E-state index contributed by atoms with van der Waals surface area (Å²) in [6.07, 6.45) is -0.606. The Morgan fingerprint density at radius 3 is 2.35 bits per heavy atom. The first-order valence-electron chi connectivity index (χ1n) is 8.55. The molecular weight excluding hydrogens is 361 g/mol. The van der Waals surface area contributed by atoms with Gasteiger partial charge in [-0.25, -0.2) is 4.78 Å². The van der Waals surface area contributed by atoms with Crippen LogP contribution in [-0.2, 0) is 21.7 Å². The lowest BCUT2D eigenvalue weighted by molar-refractivity contribution is 0.462. The lowest BCUT2D eigenvalue weighted by Crippen LogP contribution is -2.25. The number of hydrogen-bond acceptors (Lipinski definition) is 4. The zero-order valence-electron chi connectivity index (χ0n) is 15.4. The number of fused-ring (bicyclic) bond motifs is 1. The molecule has 0 aromatic heterocycles. The van der Waals surface area contributed by atoms with E-state index in [1.807, 2.05) is 41.3 Å². The third-order valence-electron chi connectivity index (χ3n) is 5.19. The molecule has 26 heavy (non-hydrogen) atoms. The summed E-state index contributed by atoms with van der Waals surface area (Å²) < 4.78 is 7.86. The van der Waals surface area contributed by atoms with Gasteiger partial charge in [0.05, 0.1) is 17.2 Å². The molecule has 0 amide bonds. The van der Waals surface area contributed by atoms with Crippen molar-refractivity contribution in [3.63, 3.8) is 0 Å². The summed E-state index contributed by atoms with van der Waals surface area (Å²) >= 11 is 6.10. The number of para-hydroxylation sites is 2. The van der Waals surface area contributed by atoms with Crippen LogP contribution in [0.4, 0.5) is 11.4 Å². The highest BCUT2D eigenvalue weighted by molar-refractivity contribution is 8.15. The molecule has 2 aliphatic rings. The van der Waals surface area contributed by atoms with Crippen molar-refractivity contribution in [2.24, 2.45) is 5.10 Å². The van der Waals surface area contributed by atoms with Crippen molar-refractivity contribution in [1.82, 2.24) is 0 Å². The minimum Gasteiger partial charge on any atom is -0.346 e. The Morgan fingerprint density at radius 2 is 1.69 bits per heavy atom. The van der Waals surface area contributed by atoms with Crippen LogP contribution in [0, 0.1) is 0 Å². The highest BCUT2D eigenvalue weighted by Crippen LogP contribution is 2.65. The van der Waals surface area contributed by atoms with Gasteiger partial charge in [0.2, 0.25) is 6.42 Å². The zero-order valence-corrected chi connectivity index (χ0v) is 17.1. The molecule has 0 N–H and O–H groups in total. The van der Waals surface area contributed by atoms with Gasteiger partial charge >= 0.3 is 0 Å². The first-order chi connectivity index (χ1) is 12.4. The number of nitrogens with zero attached hydrogens (tertiary/aromatic N) is 3. The van der Waals surface area contributed by atoms with Gasteiger partial charge in [-0.1, -0.05) is 50.2 Å². The van der Waals surface area contributed by atoms with Gasteiger partial charge < -0.3 is 9.42 Å². The van der Waals surface area contributed by atoms with Crippen molar-refractivity contribution in [2.75, 3.05) is 23.8 Å². The SMILES string of the molecule is CO[P@]1(=S)/C(=C2\N(C)c3ccccc3C2(C)C)C=NN1c1ccccc1. The maximum atomic E-state index is 6.10. The van der Waals surface area contributed by atoms with E-state index in [4.69, 9.17) is 16.3 Å². The molecule has 2 aliphatic heterocycles. The predicted molar refractivity (Wildman–Crippen MR) is 114 cm³/mol. The second-order valence-corrected chi connectivity index (χ2v) is 10.8. The molecule has 2 aromatic rings. The fourth-order valence-electron chi connectivity index (χ4n) is 3.96. The number of hydrazone groups is 1. The van der Waals surface area contributed by atoms with Gasteiger partial charge in [-0.2, -0.15) is 5.10 Å². The molecule has 0 fully saturated rings. The standard InChI is InChI=1S/C20H22N3OPS/c1-20(2)16-12-8-9-13-17(16)22(3)19(20)18-14-21-23(25(18,26)24-4)15-10-6-5-7-11-15/h5-14H,1-4H3/b19-18-/t25-/m0/s1. The van der Waals surface area contributed by atoms with Crippen molar-refractivity contribution in [1.29, 1.82) is 0 Å². The molecule has 0 saturated heterocycles. The third kappa shape index (κ3) is 2.31. The maximum Gasteiger partial charge on any atom is 0.209 e. The van der Waals surface area contributed by atoms with Crippen molar-refractivity contribution >= 4 is 35.8 Å². The van der Waals surface area contributed by atoms with E-state index < -0.39 is 6.42 Å². The predicted octanol–water partition coefficient (Wildman–Crippen LogP) is 5.09. The number of likely N-dealkylation sites (N-methyl/N-ethyl adjacent to an activating group) is 1. The Kier molecular flexibility index (Phi) is 4.07. The number of allylic oxidation sites excluding steroid dienone is 2. The van der Waals surface area contributed by atoms with Crippen LogP contribution in [0.1, 0.15) is 19.4 Å². The molecule has 1 atom stereocenters. The Hall–Kier alpha value is -1.94. The Morgan fingerprint density at radius 1 is 1.04 bits per heavy atom. The van der Waals surface area contributed by atoms with Crippen LogP contribution in [0.25, 0.3) is 0 Å². The van der Waals surface area contributed by atoms with Crippen LogP contribution in [0.5, 0.6) is 0 Å². The fourth-order valence-corrected chi connectivity index (χ4v) is 6.84. The molecule has 0 spiro atoms. The molecule has 134 valence electrons. The molecule has 0 radical (unpaired) electrons. The van der Waals surface area contributed by atoms with Gasteiger partial charge in [0, 0.05) is 31.0 Å². The van der Waals surface area contributed by atoms with E-state index in [9.17, 15) is 0 Å². The molecule has 0 saturated carbocycles. The lowest BCUT2D eigenvalue weighted by atomic mass is 9.84. The topological polar surface area (TPSA) is 28.1 Å². The monoisotopic (exact) mass is 383 g/mol. The normalized spacial score (nSPS) is 26.5. The molecule has 4 nitrogen and oxygen atoms in total. The summed E-state index contributed by atoms with van der Waals surface area (Å²) in [7, 11) is 3.80. The Bertz CT molecular complexity index is 968. The molecule has 0 aliphatic carbocycles. The third-order valence-corrected chi connectivity index (χ3v) is 8.95. The average molecular weight is 383 g/mol. The molecule has 2 heterocycles. The van der Waals surface area contributed by atoms with Gasteiger partial charge in [-0.15, -0.1) is 0 Å². The van der Waals surface area contributed by atoms with Crippen molar-refractivity contribution in [2.45, 2.75) is 19.3 Å². The fraction of sp³-hybridized carbons (Fsp3) is 0.250. The smallest absolute Gasteiger partial charge is 0.209 e. The minimum absolute atomic E-state index is 0.165. The van der Waals surface area contributed by atoms with E-state index in [1.54, 1.807) is 7.11 Å². The summed E-state index contributed by atoms with van der Waals surface area (Å²) in [4.78, 5) is 2.24. The van der Waals surface area contributed by atoms with E-state index in [-0.39, 0.29) is 5.41 Å². The summed E-state index contributed by atoms with van der Waals surface area (Å²) in [5.74, 6) is 0. The Labute approximate surface area is 159 Å². The van der Waals surface area contributed by atoms with E-state index in [0.717, 1.165) is 11.0 Å². The van der Waals surface area contributed by atoms with Crippen molar-refractivity contribution in [3.8, 4) is 0 Å². The number of rotatable bonds is 2. The van der Waals surface area contributed by atoms with E-state index >= 15 is 0 Å². The molecule has 4 rings (SSSR count). The van der Waals surface area contributed by atoms with Gasteiger partial charge in [0.15, 0.2) is 0 Å². The van der Waals surface area contributed by atoms with Gasteiger partial charge in [-0.3, -0.25) is 0 Å². The highest BCUT2D eigenvalue weighted by Gasteiger charge is 2.46. The zero-order chi connectivity index (χ0) is 18.5. The van der Waals surface area contributed by atoms with Gasteiger partial charge in [0.1, 0.15) is 0 Å². The van der Waals surface area contributed by atoms with Crippen LogP contribution < -0.4 is 9.68 Å². The first kappa shape index (κ1) is 17.5. The van der Waals surface area contributed by atoms with Crippen molar-refractivity contribution in [3.05, 3.63) is 71.2 Å². The van der Waals surface area contributed by atoms with Crippen LogP contribution in [0.3, 0.4) is 0 Å². The quantitative estimate of drug-likeness (QED) is 0.676. The summed E-state index contributed by atoms with van der Waals surface area (Å²) in [5, 5.41) is 5.68. The molecule has 6 heteroatoms. The van der Waals surface area contributed by atoms with Crippen LogP contribution >= 0.6 is 6.42 Å². The average Bonchev–Trinajstić information content (AvgIpc) is 3.09. The summed E-state index contributed by atoms with van der Waals surface area (Å²) in [6.45, 7) is 4.48. The first-order valence-corrected chi connectivity index (χ1v) is 11.2. The molecule has 0 unspecified atom stereocenters.